The molecule has 0 bridgehead atoms. The van der Waals surface area contributed by atoms with Crippen LogP contribution in [0.1, 0.15) is 55.5 Å². The van der Waals surface area contributed by atoms with Crippen molar-refractivity contribution in [2.75, 3.05) is 0 Å². The van der Waals surface area contributed by atoms with E-state index >= 15 is 0 Å². The minimum Gasteiger partial charge on any atom is -0.298 e. The predicted octanol–water partition coefficient (Wildman–Crippen LogP) is 4.93. The Labute approximate surface area is 133 Å². The van der Waals surface area contributed by atoms with E-state index in [1.54, 1.807) is 6.92 Å². The number of Topliss-reactive ketones (excluding diaryl/α,β-unsaturated/α-hetero) is 1. The van der Waals surface area contributed by atoms with E-state index in [4.69, 9.17) is 0 Å². The van der Waals surface area contributed by atoms with Crippen molar-refractivity contribution in [2.45, 2.75) is 41.5 Å². The number of rotatable bonds is 2. The molecular weight excluding hydrogens is 272 g/mol. The van der Waals surface area contributed by atoms with Crippen molar-refractivity contribution in [3.8, 4) is 0 Å². The van der Waals surface area contributed by atoms with Gasteiger partial charge < -0.3 is 0 Å². The number of carbonyl (C=O) groups is 2. The summed E-state index contributed by atoms with van der Waals surface area (Å²) in [5, 5.41) is 0. The van der Waals surface area contributed by atoms with Crippen molar-refractivity contribution >= 4 is 12.1 Å². The van der Waals surface area contributed by atoms with Crippen LogP contribution in [0.15, 0.2) is 30.3 Å². The largest absolute Gasteiger partial charge is 0.298 e. The third-order valence-electron chi connectivity index (χ3n) is 3.85. The molecule has 0 heterocycles. The fraction of sp³-hybridized carbons (Fsp3) is 0.300. The average molecular weight is 296 g/mol. The van der Waals surface area contributed by atoms with Gasteiger partial charge in [0, 0.05) is 11.1 Å². The molecule has 0 spiro atoms. The summed E-state index contributed by atoms with van der Waals surface area (Å²) >= 11 is 0. The van der Waals surface area contributed by atoms with Crippen LogP contribution in [-0.4, -0.2) is 12.1 Å². The van der Waals surface area contributed by atoms with Crippen LogP contribution in [-0.2, 0) is 0 Å². The van der Waals surface area contributed by atoms with Gasteiger partial charge in [-0.25, -0.2) is 0 Å². The second-order valence-electron chi connectivity index (χ2n) is 5.77. The zero-order chi connectivity index (χ0) is 16.9. The van der Waals surface area contributed by atoms with Crippen molar-refractivity contribution in [3.63, 3.8) is 0 Å². The van der Waals surface area contributed by atoms with Gasteiger partial charge in [0.1, 0.15) is 6.29 Å². The fourth-order valence-corrected chi connectivity index (χ4v) is 2.35. The molecule has 0 aliphatic heterocycles. The number of aryl methyl sites for hydroxylation is 4. The van der Waals surface area contributed by atoms with Gasteiger partial charge in [0.2, 0.25) is 0 Å². The van der Waals surface area contributed by atoms with E-state index in [1.807, 2.05) is 58.0 Å². The van der Waals surface area contributed by atoms with Crippen LogP contribution in [0.2, 0.25) is 0 Å². The second kappa shape index (κ2) is 7.69. The third kappa shape index (κ3) is 4.66. The molecule has 0 aliphatic rings. The summed E-state index contributed by atoms with van der Waals surface area (Å²) < 4.78 is 0. The second-order valence-corrected chi connectivity index (χ2v) is 5.77. The standard InChI is InChI=1S/2C10H12O/c1-7-4-10(6-11)5-8(2)9(7)3;1-7-4-5-10(9(3)11)8(2)6-7/h2*4-6H,1-3H3. The number of carbonyl (C=O) groups excluding carboxylic acids is 2. The van der Waals surface area contributed by atoms with Gasteiger partial charge >= 0.3 is 0 Å². The lowest BCUT2D eigenvalue weighted by atomic mass is 10.0. The molecule has 0 fully saturated rings. The Hall–Kier alpha value is -2.22. The Bertz CT molecular complexity index is 674. The van der Waals surface area contributed by atoms with Crippen LogP contribution < -0.4 is 0 Å². The van der Waals surface area contributed by atoms with E-state index in [0.29, 0.717) is 0 Å². The first-order chi connectivity index (χ1) is 10.3. The molecule has 0 aliphatic carbocycles. The van der Waals surface area contributed by atoms with Crippen LogP contribution in [0.4, 0.5) is 0 Å². The highest BCUT2D eigenvalue weighted by Crippen LogP contribution is 2.13. The molecule has 0 radical (unpaired) electrons. The average Bonchev–Trinajstić information content (AvgIpc) is 2.44. The van der Waals surface area contributed by atoms with Gasteiger partial charge in [-0.1, -0.05) is 23.8 Å². The summed E-state index contributed by atoms with van der Waals surface area (Å²) in [5.41, 5.74) is 7.51. The normalized spacial score (nSPS) is 9.73. The molecule has 0 N–H and O–H groups in total. The molecule has 0 aromatic heterocycles. The summed E-state index contributed by atoms with van der Waals surface area (Å²) in [4.78, 5) is 21.4. The minimum absolute atomic E-state index is 0.141. The summed E-state index contributed by atoms with van der Waals surface area (Å²) in [7, 11) is 0. The molecule has 0 unspecified atom stereocenters. The Morgan fingerprint density at radius 2 is 1.41 bits per heavy atom. The lowest BCUT2D eigenvalue weighted by Crippen LogP contribution is -1.95. The molecule has 0 atom stereocenters. The lowest BCUT2D eigenvalue weighted by Gasteiger charge is -2.04. The van der Waals surface area contributed by atoms with E-state index in [2.05, 4.69) is 6.92 Å². The van der Waals surface area contributed by atoms with E-state index in [9.17, 15) is 9.59 Å². The summed E-state index contributed by atoms with van der Waals surface area (Å²) in [6, 6.07) is 9.69. The highest BCUT2D eigenvalue weighted by atomic mass is 16.1. The van der Waals surface area contributed by atoms with Gasteiger partial charge in [0.05, 0.1) is 0 Å². The van der Waals surface area contributed by atoms with Gasteiger partial charge in [0.25, 0.3) is 0 Å². The van der Waals surface area contributed by atoms with Gasteiger partial charge in [-0.3, -0.25) is 9.59 Å². The minimum atomic E-state index is 0.141. The fourth-order valence-electron chi connectivity index (χ4n) is 2.35. The molecular formula is C20H24O2. The maximum absolute atomic E-state index is 11.0. The van der Waals surface area contributed by atoms with E-state index in [1.165, 1.54) is 22.3 Å². The van der Waals surface area contributed by atoms with Crippen molar-refractivity contribution in [2.24, 2.45) is 0 Å². The highest BCUT2D eigenvalue weighted by molar-refractivity contribution is 5.95. The SMILES string of the molecule is CC(=O)c1ccc(C)cc1C.Cc1cc(C=O)cc(C)c1C. The van der Waals surface area contributed by atoms with E-state index < -0.39 is 0 Å². The van der Waals surface area contributed by atoms with Gasteiger partial charge in [-0.2, -0.15) is 0 Å². The monoisotopic (exact) mass is 296 g/mol. The first-order valence-corrected chi connectivity index (χ1v) is 7.37. The zero-order valence-corrected chi connectivity index (χ0v) is 14.3. The van der Waals surface area contributed by atoms with E-state index in [0.717, 1.165) is 23.0 Å². The Morgan fingerprint density at radius 3 is 1.82 bits per heavy atom. The van der Waals surface area contributed by atoms with Crippen LogP contribution in [0, 0.1) is 34.6 Å². The molecule has 0 saturated heterocycles. The van der Waals surface area contributed by atoms with Crippen molar-refractivity contribution in [3.05, 3.63) is 69.3 Å². The zero-order valence-electron chi connectivity index (χ0n) is 14.3. The number of aldehydes is 1. The van der Waals surface area contributed by atoms with Crippen LogP contribution in [0.25, 0.3) is 0 Å². The van der Waals surface area contributed by atoms with Crippen LogP contribution in [0.5, 0.6) is 0 Å². The molecule has 0 saturated carbocycles. The van der Waals surface area contributed by atoms with Crippen molar-refractivity contribution in [1.29, 1.82) is 0 Å². The molecule has 22 heavy (non-hydrogen) atoms. The molecule has 2 nitrogen and oxygen atoms in total. The molecule has 2 aromatic carbocycles. The maximum atomic E-state index is 11.0. The first-order valence-electron chi connectivity index (χ1n) is 7.37. The molecule has 0 amide bonds. The first kappa shape index (κ1) is 17.8. The molecule has 116 valence electrons. The molecule has 2 aromatic rings. The summed E-state index contributed by atoms with van der Waals surface area (Å²) in [5.74, 6) is 0.141. The molecule has 2 heteroatoms. The van der Waals surface area contributed by atoms with Crippen molar-refractivity contribution < 1.29 is 9.59 Å². The quantitative estimate of drug-likeness (QED) is 0.581. The molecule has 2 rings (SSSR count). The Kier molecular flexibility index (Phi) is 6.24. The highest BCUT2D eigenvalue weighted by Gasteiger charge is 2.01. The number of ketones is 1. The van der Waals surface area contributed by atoms with Gasteiger partial charge in [-0.05, 0) is 75.9 Å². The topological polar surface area (TPSA) is 34.1 Å². The third-order valence-corrected chi connectivity index (χ3v) is 3.85. The Balaban J connectivity index is 0.000000220. The lowest BCUT2D eigenvalue weighted by molar-refractivity contribution is 0.101. The van der Waals surface area contributed by atoms with Crippen LogP contribution >= 0.6 is 0 Å². The Morgan fingerprint density at radius 1 is 0.864 bits per heavy atom. The van der Waals surface area contributed by atoms with Crippen molar-refractivity contribution in [1.82, 2.24) is 0 Å². The number of benzene rings is 2. The van der Waals surface area contributed by atoms with Gasteiger partial charge in [0.15, 0.2) is 5.78 Å². The van der Waals surface area contributed by atoms with Gasteiger partial charge in [-0.15, -0.1) is 0 Å². The predicted molar refractivity (Wildman–Crippen MR) is 92.0 cm³/mol. The summed E-state index contributed by atoms with van der Waals surface area (Å²) in [6.07, 6.45) is 0.888. The number of hydrogen-bond donors (Lipinski definition) is 0. The van der Waals surface area contributed by atoms with Crippen LogP contribution in [0.3, 0.4) is 0 Å². The number of hydrogen-bond acceptors (Lipinski definition) is 2. The maximum Gasteiger partial charge on any atom is 0.160 e. The van der Waals surface area contributed by atoms with E-state index in [-0.39, 0.29) is 5.78 Å². The smallest absolute Gasteiger partial charge is 0.160 e. The summed E-state index contributed by atoms with van der Waals surface area (Å²) in [6.45, 7) is 11.7.